The minimum atomic E-state index is -0.155. The van der Waals surface area contributed by atoms with E-state index in [-0.39, 0.29) is 5.91 Å². The van der Waals surface area contributed by atoms with E-state index < -0.39 is 0 Å². The van der Waals surface area contributed by atoms with E-state index >= 15 is 0 Å². The Balaban J connectivity index is 2.03. The number of aryl methyl sites for hydroxylation is 1. The molecule has 19 heavy (non-hydrogen) atoms. The number of amides is 1. The van der Waals surface area contributed by atoms with Gasteiger partial charge in [-0.1, -0.05) is 6.07 Å². The Hall–Kier alpha value is -2.43. The zero-order valence-corrected chi connectivity index (χ0v) is 11.0. The molecule has 0 fully saturated rings. The monoisotopic (exact) mass is 256 g/mol. The van der Waals surface area contributed by atoms with Crippen LogP contribution in [0.4, 0.5) is 5.82 Å². The maximum atomic E-state index is 12.1. The van der Waals surface area contributed by atoms with Crippen molar-refractivity contribution in [2.75, 3.05) is 12.4 Å². The SMILES string of the molecule is CNc1ncccc1C(=O)NCc1ccc(C)nc1. The first-order valence-electron chi connectivity index (χ1n) is 6.03. The van der Waals surface area contributed by atoms with Crippen LogP contribution in [-0.2, 0) is 6.54 Å². The second-order valence-corrected chi connectivity index (χ2v) is 4.14. The molecule has 2 rings (SSSR count). The second kappa shape index (κ2) is 5.95. The summed E-state index contributed by atoms with van der Waals surface area (Å²) < 4.78 is 0. The largest absolute Gasteiger partial charge is 0.372 e. The summed E-state index contributed by atoms with van der Waals surface area (Å²) >= 11 is 0. The number of pyridine rings is 2. The van der Waals surface area contributed by atoms with Gasteiger partial charge in [0, 0.05) is 31.7 Å². The third-order valence-electron chi connectivity index (χ3n) is 2.71. The van der Waals surface area contributed by atoms with Crippen LogP contribution in [0.5, 0.6) is 0 Å². The number of carbonyl (C=O) groups is 1. The fourth-order valence-electron chi connectivity index (χ4n) is 1.67. The van der Waals surface area contributed by atoms with Crippen molar-refractivity contribution in [3.8, 4) is 0 Å². The van der Waals surface area contributed by atoms with Gasteiger partial charge in [-0.15, -0.1) is 0 Å². The van der Waals surface area contributed by atoms with Gasteiger partial charge >= 0.3 is 0 Å². The van der Waals surface area contributed by atoms with Gasteiger partial charge < -0.3 is 10.6 Å². The Morgan fingerprint density at radius 3 is 2.79 bits per heavy atom. The van der Waals surface area contributed by atoms with Crippen molar-refractivity contribution in [1.29, 1.82) is 0 Å². The van der Waals surface area contributed by atoms with E-state index in [2.05, 4.69) is 20.6 Å². The highest BCUT2D eigenvalue weighted by Gasteiger charge is 2.10. The van der Waals surface area contributed by atoms with Crippen LogP contribution >= 0.6 is 0 Å². The number of nitrogens with one attached hydrogen (secondary N) is 2. The fourth-order valence-corrected chi connectivity index (χ4v) is 1.67. The first-order chi connectivity index (χ1) is 9.20. The van der Waals surface area contributed by atoms with Gasteiger partial charge in [0.25, 0.3) is 5.91 Å². The molecule has 0 spiro atoms. The third kappa shape index (κ3) is 3.28. The van der Waals surface area contributed by atoms with Gasteiger partial charge in [0.1, 0.15) is 5.82 Å². The normalized spacial score (nSPS) is 10.0. The lowest BCUT2D eigenvalue weighted by Crippen LogP contribution is -2.24. The molecular weight excluding hydrogens is 240 g/mol. The smallest absolute Gasteiger partial charge is 0.255 e. The van der Waals surface area contributed by atoms with Crippen LogP contribution in [0.3, 0.4) is 0 Å². The van der Waals surface area contributed by atoms with Gasteiger partial charge in [-0.2, -0.15) is 0 Å². The number of hydrogen-bond donors (Lipinski definition) is 2. The van der Waals surface area contributed by atoms with E-state index in [4.69, 9.17) is 0 Å². The van der Waals surface area contributed by atoms with Crippen LogP contribution in [0.25, 0.3) is 0 Å². The lowest BCUT2D eigenvalue weighted by molar-refractivity contribution is 0.0951. The molecule has 0 radical (unpaired) electrons. The van der Waals surface area contributed by atoms with E-state index in [1.54, 1.807) is 31.6 Å². The molecule has 2 N–H and O–H groups in total. The first-order valence-corrected chi connectivity index (χ1v) is 6.03. The molecule has 0 saturated heterocycles. The summed E-state index contributed by atoms with van der Waals surface area (Å²) in [6.45, 7) is 2.38. The Labute approximate surface area is 112 Å². The highest BCUT2D eigenvalue weighted by molar-refractivity contribution is 5.98. The Kier molecular flexibility index (Phi) is 4.07. The van der Waals surface area contributed by atoms with Crippen molar-refractivity contribution in [2.45, 2.75) is 13.5 Å². The molecule has 2 heterocycles. The molecule has 5 nitrogen and oxygen atoms in total. The molecular formula is C14H16N4O. The van der Waals surface area contributed by atoms with Crippen LogP contribution in [0.2, 0.25) is 0 Å². The predicted octanol–water partition coefficient (Wildman–Crippen LogP) is 1.76. The lowest BCUT2D eigenvalue weighted by Gasteiger charge is -2.08. The minimum absolute atomic E-state index is 0.155. The number of aromatic nitrogens is 2. The van der Waals surface area contributed by atoms with Crippen molar-refractivity contribution in [2.24, 2.45) is 0 Å². The highest BCUT2D eigenvalue weighted by Crippen LogP contribution is 2.10. The van der Waals surface area contributed by atoms with Gasteiger partial charge in [0.15, 0.2) is 0 Å². The van der Waals surface area contributed by atoms with E-state index in [1.165, 1.54) is 0 Å². The Morgan fingerprint density at radius 2 is 2.11 bits per heavy atom. The standard InChI is InChI=1S/C14H16N4O/c1-10-5-6-11(8-17-10)9-18-14(19)12-4-3-7-16-13(12)15-2/h3-8H,9H2,1-2H3,(H,15,16)(H,18,19). The summed E-state index contributed by atoms with van der Waals surface area (Å²) in [5.41, 5.74) is 2.46. The quantitative estimate of drug-likeness (QED) is 0.874. The fraction of sp³-hybridized carbons (Fsp3) is 0.214. The van der Waals surface area contributed by atoms with Crippen molar-refractivity contribution in [3.05, 3.63) is 53.5 Å². The lowest BCUT2D eigenvalue weighted by atomic mass is 10.2. The maximum Gasteiger partial charge on any atom is 0.255 e. The van der Waals surface area contributed by atoms with Gasteiger partial charge in [-0.3, -0.25) is 9.78 Å². The minimum Gasteiger partial charge on any atom is -0.372 e. The molecule has 5 heteroatoms. The number of hydrogen-bond acceptors (Lipinski definition) is 4. The number of rotatable bonds is 4. The highest BCUT2D eigenvalue weighted by atomic mass is 16.1. The molecule has 98 valence electrons. The van der Waals surface area contributed by atoms with Crippen molar-refractivity contribution >= 4 is 11.7 Å². The third-order valence-corrected chi connectivity index (χ3v) is 2.71. The summed E-state index contributed by atoms with van der Waals surface area (Å²) in [4.78, 5) is 20.3. The molecule has 0 aromatic carbocycles. The second-order valence-electron chi connectivity index (χ2n) is 4.14. The van der Waals surface area contributed by atoms with Crippen molar-refractivity contribution in [1.82, 2.24) is 15.3 Å². The molecule has 0 aliphatic carbocycles. The van der Waals surface area contributed by atoms with E-state index in [0.29, 0.717) is 17.9 Å². The van der Waals surface area contributed by atoms with E-state index in [1.807, 2.05) is 19.1 Å². The summed E-state index contributed by atoms with van der Waals surface area (Å²) in [5.74, 6) is 0.417. The van der Waals surface area contributed by atoms with Crippen LogP contribution in [0.15, 0.2) is 36.7 Å². The van der Waals surface area contributed by atoms with Crippen LogP contribution < -0.4 is 10.6 Å². The van der Waals surface area contributed by atoms with Gasteiger partial charge in [0.2, 0.25) is 0 Å². The van der Waals surface area contributed by atoms with E-state index in [0.717, 1.165) is 11.3 Å². The first kappa shape index (κ1) is 13.0. The van der Waals surface area contributed by atoms with Crippen LogP contribution in [-0.4, -0.2) is 22.9 Å². The van der Waals surface area contributed by atoms with E-state index in [9.17, 15) is 4.79 Å². The molecule has 0 bridgehead atoms. The van der Waals surface area contributed by atoms with Gasteiger partial charge in [-0.25, -0.2) is 4.98 Å². The Bertz CT molecular complexity index is 566. The summed E-state index contributed by atoms with van der Waals surface area (Å²) in [7, 11) is 1.74. The molecule has 2 aromatic rings. The molecule has 0 unspecified atom stereocenters. The topological polar surface area (TPSA) is 66.9 Å². The summed E-state index contributed by atoms with van der Waals surface area (Å²) in [6.07, 6.45) is 3.41. The number of anilines is 1. The van der Waals surface area contributed by atoms with Crippen molar-refractivity contribution in [3.63, 3.8) is 0 Å². The molecule has 0 aliphatic rings. The molecule has 0 saturated carbocycles. The maximum absolute atomic E-state index is 12.1. The number of nitrogens with zero attached hydrogens (tertiary/aromatic N) is 2. The number of carbonyl (C=O) groups excluding carboxylic acids is 1. The van der Waals surface area contributed by atoms with Crippen molar-refractivity contribution < 1.29 is 4.79 Å². The van der Waals surface area contributed by atoms with Crippen LogP contribution in [0.1, 0.15) is 21.6 Å². The molecule has 1 amide bonds. The average Bonchev–Trinajstić information content (AvgIpc) is 2.46. The zero-order valence-electron chi connectivity index (χ0n) is 11.0. The molecule has 0 aliphatic heterocycles. The Morgan fingerprint density at radius 1 is 1.26 bits per heavy atom. The molecule has 0 atom stereocenters. The average molecular weight is 256 g/mol. The predicted molar refractivity (Wildman–Crippen MR) is 73.9 cm³/mol. The van der Waals surface area contributed by atoms with Gasteiger partial charge in [-0.05, 0) is 30.7 Å². The molecule has 2 aromatic heterocycles. The zero-order chi connectivity index (χ0) is 13.7. The summed E-state index contributed by atoms with van der Waals surface area (Å²) in [5, 5.41) is 5.75. The van der Waals surface area contributed by atoms with Gasteiger partial charge in [0.05, 0.1) is 5.56 Å². The summed E-state index contributed by atoms with van der Waals surface area (Å²) in [6, 6.07) is 7.35. The van der Waals surface area contributed by atoms with Crippen LogP contribution in [0, 0.1) is 6.92 Å².